The number of piperidine rings is 1. The molecule has 0 bridgehead atoms. The zero-order valence-electron chi connectivity index (χ0n) is 14.9. The van der Waals surface area contributed by atoms with Gasteiger partial charge in [0.25, 0.3) is 0 Å². The van der Waals surface area contributed by atoms with Crippen molar-refractivity contribution >= 4 is 17.6 Å². The minimum atomic E-state index is 0.0139. The molecule has 2 aromatic heterocycles. The molecule has 0 radical (unpaired) electrons. The van der Waals surface area contributed by atoms with E-state index in [1.807, 2.05) is 38.6 Å². The first-order valence-corrected chi connectivity index (χ1v) is 9.45. The third-order valence-electron chi connectivity index (χ3n) is 5.34. The highest BCUT2D eigenvalue weighted by Gasteiger charge is 2.28. The van der Waals surface area contributed by atoms with Gasteiger partial charge >= 0.3 is 6.03 Å². The van der Waals surface area contributed by atoms with Crippen molar-refractivity contribution in [2.75, 3.05) is 26.2 Å². The molecule has 7 heteroatoms. The summed E-state index contributed by atoms with van der Waals surface area (Å²) in [6, 6.07) is 6.10. The molecule has 2 saturated heterocycles. The molecule has 26 heavy (non-hydrogen) atoms. The molecule has 4 rings (SSSR count). The van der Waals surface area contributed by atoms with Gasteiger partial charge < -0.3 is 19.5 Å². The molecule has 7 nitrogen and oxygen atoms in total. The zero-order valence-corrected chi connectivity index (χ0v) is 14.9. The van der Waals surface area contributed by atoms with E-state index < -0.39 is 0 Å². The number of rotatable bonds is 3. The van der Waals surface area contributed by atoms with E-state index in [-0.39, 0.29) is 18.0 Å². The summed E-state index contributed by atoms with van der Waals surface area (Å²) in [5.74, 6) is 0.0139. The molecule has 0 spiro atoms. The lowest BCUT2D eigenvalue weighted by Crippen LogP contribution is -2.50. The number of urea groups is 1. The monoisotopic (exact) mass is 355 g/mol. The van der Waals surface area contributed by atoms with E-state index in [9.17, 15) is 9.59 Å². The van der Waals surface area contributed by atoms with E-state index >= 15 is 0 Å². The molecule has 2 aliphatic heterocycles. The van der Waals surface area contributed by atoms with Gasteiger partial charge in [-0.25, -0.2) is 9.78 Å². The number of imidazole rings is 1. The van der Waals surface area contributed by atoms with Gasteiger partial charge in [0.05, 0.1) is 12.1 Å². The Labute approximate surface area is 153 Å². The number of aromatic nitrogens is 2. The van der Waals surface area contributed by atoms with E-state index in [1.54, 1.807) is 6.20 Å². The summed E-state index contributed by atoms with van der Waals surface area (Å²) in [6.07, 6.45) is 7.86. The molecule has 2 fully saturated rings. The smallest absolute Gasteiger partial charge is 0.319 e. The van der Waals surface area contributed by atoms with Gasteiger partial charge in [0.15, 0.2) is 0 Å². The van der Waals surface area contributed by atoms with Crippen LogP contribution in [0.15, 0.2) is 30.6 Å². The Morgan fingerprint density at radius 2 is 1.81 bits per heavy atom. The van der Waals surface area contributed by atoms with Gasteiger partial charge in [0.1, 0.15) is 5.65 Å². The third-order valence-corrected chi connectivity index (χ3v) is 5.34. The van der Waals surface area contributed by atoms with Crippen LogP contribution in [0.2, 0.25) is 0 Å². The molecule has 2 aromatic rings. The summed E-state index contributed by atoms with van der Waals surface area (Å²) in [7, 11) is 0. The molecule has 0 aliphatic carbocycles. The van der Waals surface area contributed by atoms with Crippen molar-refractivity contribution in [3.63, 3.8) is 0 Å². The SMILES string of the molecule is O=C(Cc1cnc2ccccn12)NC1CCN(C(=O)N2CCCC2)CC1. The number of nitrogens with zero attached hydrogens (tertiary/aromatic N) is 4. The van der Waals surface area contributed by atoms with Gasteiger partial charge in [-0.15, -0.1) is 0 Å². The van der Waals surface area contributed by atoms with Crippen LogP contribution in [0.5, 0.6) is 0 Å². The summed E-state index contributed by atoms with van der Waals surface area (Å²) in [6.45, 7) is 3.20. The highest BCUT2D eigenvalue weighted by Crippen LogP contribution is 2.16. The Morgan fingerprint density at radius 1 is 1.08 bits per heavy atom. The maximum absolute atomic E-state index is 12.4. The highest BCUT2D eigenvalue weighted by atomic mass is 16.2. The van der Waals surface area contributed by atoms with Crippen LogP contribution in [0.3, 0.4) is 0 Å². The minimum absolute atomic E-state index is 0.0139. The minimum Gasteiger partial charge on any atom is -0.353 e. The van der Waals surface area contributed by atoms with Gasteiger partial charge in [-0.1, -0.05) is 6.07 Å². The predicted molar refractivity (Wildman–Crippen MR) is 97.8 cm³/mol. The average Bonchev–Trinajstić information content (AvgIpc) is 3.32. The normalized spacial score (nSPS) is 18.5. The largest absolute Gasteiger partial charge is 0.353 e. The molecule has 2 aliphatic rings. The fourth-order valence-electron chi connectivity index (χ4n) is 3.88. The van der Waals surface area contributed by atoms with Crippen LogP contribution in [-0.4, -0.2) is 63.3 Å². The van der Waals surface area contributed by atoms with Crippen molar-refractivity contribution in [2.24, 2.45) is 0 Å². The third kappa shape index (κ3) is 3.52. The molecule has 1 N–H and O–H groups in total. The molecule has 0 atom stereocenters. The Morgan fingerprint density at radius 3 is 2.58 bits per heavy atom. The molecular formula is C19H25N5O2. The van der Waals surface area contributed by atoms with E-state index in [2.05, 4.69) is 10.3 Å². The van der Waals surface area contributed by atoms with Crippen molar-refractivity contribution in [3.8, 4) is 0 Å². The second-order valence-electron chi connectivity index (χ2n) is 7.16. The van der Waals surface area contributed by atoms with Crippen molar-refractivity contribution in [2.45, 2.75) is 38.1 Å². The van der Waals surface area contributed by atoms with Gasteiger partial charge in [-0.05, 0) is 37.8 Å². The maximum atomic E-state index is 12.4. The number of carbonyl (C=O) groups is 2. The zero-order chi connectivity index (χ0) is 17.9. The Kier molecular flexibility index (Phi) is 4.77. The fraction of sp³-hybridized carbons (Fsp3) is 0.526. The quantitative estimate of drug-likeness (QED) is 0.911. The topological polar surface area (TPSA) is 70.0 Å². The molecule has 3 amide bonds. The standard InChI is InChI=1S/C19H25N5O2/c25-18(13-16-14-20-17-5-1-2-10-24(16)17)21-15-6-11-23(12-7-15)19(26)22-8-3-4-9-22/h1-2,5,10,14-15H,3-4,6-9,11-13H2,(H,21,25). The van der Waals surface area contributed by atoms with Crippen LogP contribution in [0.25, 0.3) is 5.65 Å². The van der Waals surface area contributed by atoms with Crippen LogP contribution in [-0.2, 0) is 11.2 Å². The van der Waals surface area contributed by atoms with Crippen LogP contribution in [0.4, 0.5) is 4.79 Å². The van der Waals surface area contributed by atoms with E-state index in [4.69, 9.17) is 0 Å². The molecule has 0 aromatic carbocycles. The number of hydrogen-bond donors (Lipinski definition) is 1. The van der Waals surface area contributed by atoms with E-state index in [1.165, 1.54) is 0 Å². The second kappa shape index (κ2) is 7.35. The Hall–Kier alpha value is -2.57. The Balaban J connectivity index is 1.27. The second-order valence-corrected chi connectivity index (χ2v) is 7.16. The number of nitrogens with one attached hydrogen (secondary N) is 1. The number of hydrogen-bond acceptors (Lipinski definition) is 3. The van der Waals surface area contributed by atoms with Crippen molar-refractivity contribution < 1.29 is 9.59 Å². The van der Waals surface area contributed by atoms with Crippen LogP contribution < -0.4 is 5.32 Å². The first kappa shape index (κ1) is 16.9. The van der Waals surface area contributed by atoms with Gasteiger partial charge in [-0.3, -0.25) is 4.79 Å². The number of amides is 3. The van der Waals surface area contributed by atoms with Crippen LogP contribution in [0.1, 0.15) is 31.4 Å². The van der Waals surface area contributed by atoms with E-state index in [0.717, 1.165) is 63.2 Å². The number of likely N-dealkylation sites (tertiary alicyclic amines) is 2. The number of pyridine rings is 1. The van der Waals surface area contributed by atoms with Gasteiger partial charge in [-0.2, -0.15) is 0 Å². The molecule has 0 saturated carbocycles. The fourth-order valence-corrected chi connectivity index (χ4v) is 3.88. The molecule has 0 unspecified atom stereocenters. The van der Waals surface area contributed by atoms with Crippen molar-refractivity contribution in [1.29, 1.82) is 0 Å². The first-order valence-electron chi connectivity index (χ1n) is 9.45. The maximum Gasteiger partial charge on any atom is 0.319 e. The van der Waals surface area contributed by atoms with Gasteiger partial charge in [0.2, 0.25) is 5.91 Å². The van der Waals surface area contributed by atoms with E-state index in [0.29, 0.717) is 6.42 Å². The predicted octanol–water partition coefficient (Wildman–Crippen LogP) is 1.67. The highest BCUT2D eigenvalue weighted by molar-refractivity contribution is 5.79. The van der Waals surface area contributed by atoms with Crippen LogP contribution in [0, 0.1) is 0 Å². The number of carbonyl (C=O) groups excluding carboxylic acids is 2. The van der Waals surface area contributed by atoms with Crippen molar-refractivity contribution in [3.05, 3.63) is 36.3 Å². The molecular weight excluding hydrogens is 330 g/mol. The first-order chi connectivity index (χ1) is 12.7. The summed E-state index contributed by atoms with van der Waals surface area (Å²) < 4.78 is 1.94. The summed E-state index contributed by atoms with van der Waals surface area (Å²) >= 11 is 0. The molecule has 4 heterocycles. The number of fused-ring (bicyclic) bond motifs is 1. The lowest BCUT2D eigenvalue weighted by atomic mass is 10.0. The average molecular weight is 355 g/mol. The summed E-state index contributed by atoms with van der Waals surface area (Å²) in [5.41, 5.74) is 1.74. The molecule has 138 valence electrons. The van der Waals surface area contributed by atoms with Gasteiger partial charge in [0, 0.05) is 44.6 Å². The van der Waals surface area contributed by atoms with Crippen molar-refractivity contribution in [1.82, 2.24) is 24.5 Å². The van der Waals surface area contributed by atoms with Crippen LogP contribution >= 0.6 is 0 Å². The Bertz CT molecular complexity index is 788. The summed E-state index contributed by atoms with van der Waals surface area (Å²) in [5, 5.41) is 3.12. The lowest BCUT2D eigenvalue weighted by molar-refractivity contribution is -0.121. The summed E-state index contributed by atoms with van der Waals surface area (Å²) in [4.78, 5) is 33.0. The lowest BCUT2D eigenvalue weighted by Gasteiger charge is -2.34.